The number of hydrogen-bond acceptors (Lipinski definition) is 1. The predicted molar refractivity (Wildman–Crippen MR) is 51.8 cm³/mol. The average molecular weight is 214 g/mol. The molecule has 0 saturated carbocycles. The summed E-state index contributed by atoms with van der Waals surface area (Å²) in [5.41, 5.74) is -1.13. The van der Waals surface area contributed by atoms with E-state index < -0.39 is 23.0 Å². The second kappa shape index (κ2) is 3.61. The van der Waals surface area contributed by atoms with Crippen molar-refractivity contribution in [1.29, 1.82) is 0 Å². The molecule has 0 fully saturated rings. The van der Waals surface area contributed by atoms with Crippen LogP contribution < -0.4 is 0 Å². The third kappa shape index (κ3) is 1.98. The Morgan fingerprint density at radius 1 is 1.27 bits per heavy atom. The lowest BCUT2D eigenvalue weighted by Crippen LogP contribution is -2.29. The molecule has 0 atom stereocenters. The van der Waals surface area contributed by atoms with Crippen LogP contribution in [0.4, 0.5) is 8.78 Å². The van der Waals surface area contributed by atoms with E-state index in [0.29, 0.717) is 0 Å². The van der Waals surface area contributed by atoms with Crippen LogP contribution in [0, 0.1) is 18.6 Å². The Bertz CT molecular complexity index is 411. The van der Waals surface area contributed by atoms with Crippen LogP contribution in [0.5, 0.6) is 0 Å². The van der Waals surface area contributed by atoms with E-state index in [1.165, 1.54) is 26.8 Å². The van der Waals surface area contributed by atoms with Crippen LogP contribution in [0.15, 0.2) is 12.1 Å². The Labute approximate surface area is 86.5 Å². The first kappa shape index (κ1) is 11.6. The quantitative estimate of drug-likeness (QED) is 0.821. The third-order valence-electron chi connectivity index (χ3n) is 2.46. The summed E-state index contributed by atoms with van der Waals surface area (Å²) in [7, 11) is 0. The van der Waals surface area contributed by atoms with Crippen LogP contribution in [0.2, 0.25) is 0 Å². The summed E-state index contributed by atoms with van der Waals surface area (Å²) in [6.07, 6.45) is 0. The summed E-state index contributed by atoms with van der Waals surface area (Å²) < 4.78 is 26.3. The minimum atomic E-state index is -1.36. The van der Waals surface area contributed by atoms with E-state index in [0.717, 1.165) is 6.07 Å². The Morgan fingerprint density at radius 2 is 1.80 bits per heavy atom. The lowest BCUT2D eigenvalue weighted by atomic mass is 9.83. The summed E-state index contributed by atoms with van der Waals surface area (Å²) >= 11 is 0. The first-order valence-corrected chi connectivity index (χ1v) is 4.46. The van der Waals surface area contributed by atoms with Gasteiger partial charge in [-0.2, -0.15) is 0 Å². The highest BCUT2D eigenvalue weighted by Gasteiger charge is 2.32. The molecule has 2 nitrogen and oxygen atoms in total. The molecule has 0 spiro atoms. The Hall–Kier alpha value is -1.45. The van der Waals surface area contributed by atoms with Crippen LogP contribution in [-0.2, 0) is 10.2 Å². The molecule has 0 saturated heterocycles. The molecule has 0 heterocycles. The van der Waals surface area contributed by atoms with Gasteiger partial charge in [-0.25, -0.2) is 8.78 Å². The minimum absolute atomic E-state index is 0.00565. The number of aryl methyl sites for hydroxylation is 1. The summed E-state index contributed by atoms with van der Waals surface area (Å²) in [6.45, 7) is 4.23. The van der Waals surface area contributed by atoms with Gasteiger partial charge in [-0.3, -0.25) is 4.79 Å². The highest BCUT2D eigenvalue weighted by atomic mass is 19.1. The van der Waals surface area contributed by atoms with E-state index in [-0.39, 0.29) is 11.1 Å². The van der Waals surface area contributed by atoms with Crippen molar-refractivity contribution in [3.05, 3.63) is 34.9 Å². The molecule has 4 heteroatoms. The fraction of sp³-hybridized carbons (Fsp3) is 0.364. The van der Waals surface area contributed by atoms with Crippen molar-refractivity contribution in [2.24, 2.45) is 0 Å². The number of benzene rings is 1. The molecule has 1 rings (SSSR count). The van der Waals surface area contributed by atoms with Gasteiger partial charge in [0.2, 0.25) is 0 Å². The maximum absolute atomic E-state index is 13.4. The summed E-state index contributed by atoms with van der Waals surface area (Å²) in [5, 5.41) is 8.92. The van der Waals surface area contributed by atoms with Crippen molar-refractivity contribution in [2.75, 3.05) is 0 Å². The van der Waals surface area contributed by atoms with Gasteiger partial charge in [0.15, 0.2) is 0 Å². The van der Waals surface area contributed by atoms with Gasteiger partial charge in [0.25, 0.3) is 0 Å². The number of halogens is 2. The van der Waals surface area contributed by atoms with Crippen molar-refractivity contribution in [3.8, 4) is 0 Å². The molecule has 0 aliphatic carbocycles. The maximum atomic E-state index is 13.4. The van der Waals surface area contributed by atoms with Gasteiger partial charge in [0, 0.05) is 11.6 Å². The van der Waals surface area contributed by atoms with E-state index in [1.807, 2.05) is 0 Å². The van der Waals surface area contributed by atoms with Gasteiger partial charge in [0.1, 0.15) is 11.6 Å². The highest BCUT2D eigenvalue weighted by Crippen LogP contribution is 2.27. The van der Waals surface area contributed by atoms with E-state index in [1.54, 1.807) is 0 Å². The lowest BCUT2D eigenvalue weighted by Gasteiger charge is -2.20. The fourth-order valence-corrected chi connectivity index (χ4v) is 1.25. The van der Waals surface area contributed by atoms with E-state index in [2.05, 4.69) is 0 Å². The number of rotatable bonds is 2. The van der Waals surface area contributed by atoms with Gasteiger partial charge in [-0.1, -0.05) is 0 Å². The van der Waals surface area contributed by atoms with Crippen molar-refractivity contribution in [3.63, 3.8) is 0 Å². The van der Waals surface area contributed by atoms with Gasteiger partial charge < -0.3 is 5.11 Å². The smallest absolute Gasteiger partial charge is 0.313 e. The van der Waals surface area contributed by atoms with E-state index in [9.17, 15) is 13.6 Å². The van der Waals surface area contributed by atoms with Crippen molar-refractivity contribution in [2.45, 2.75) is 26.2 Å². The molecule has 0 amide bonds. The molecule has 0 radical (unpaired) electrons. The van der Waals surface area contributed by atoms with E-state index >= 15 is 0 Å². The average Bonchev–Trinajstić information content (AvgIpc) is 2.10. The number of aliphatic carboxylic acids is 1. The number of carbonyl (C=O) groups is 1. The number of carboxylic acid groups (broad SMARTS) is 1. The molecule has 15 heavy (non-hydrogen) atoms. The van der Waals surface area contributed by atoms with Crippen molar-refractivity contribution < 1.29 is 18.7 Å². The Balaban J connectivity index is 3.38. The van der Waals surface area contributed by atoms with Gasteiger partial charge in [0.05, 0.1) is 5.41 Å². The van der Waals surface area contributed by atoms with Gasteiger partial charge in [-0.05, 0) is 32.4 Å². The molecule has 82 valence electrons. The molecule has 0 unspecified atom stereocenters. The molecule has 0 aromatic heterocycles. The Morgan fingerprint density at radius 3 is 2.27 bits per heavy atom. The normalized spacial score (nSPS) is 11.5. The van der Waals surface area contributed by atoms with Crippen LogP contribution in [0.25, 0.3) is 0 Å². The number of hydrogen-bond donors (Lipinski definition) is 1. The molecular weight excluding hydrogens is 202 g/mol. The van der Waals surface area contributed by atoms with Gasteiger partial charge >= 0.3 is 5.97 Å². The van der Waals surface area contributed by atoms with Crippen molar-refractivity contribution >= 4 is 5.97 Å². The zero-order valence-electron chi connectivity index (χ0n) is 8.77. The minimum Gasteiger partial charge on any atom is -0.481 e. The highest BCUT2D eigenvalue weighted by molar-refractivity contribution is 5.80. The van der Waals surface area contributed by atoms with Crippen LogP contribution in [0.3, 0.4) is 0 Å². The molecule has 1 aromatic carbocycles. The molecule has 0 aliphatic heterocycles. The molecule has 0 aliphatic rings. The topological polar surface area (TPSA) is 37.3 Å². The van der Waals surface area contributed by atoms with Crippen LogP contribution >= 0.6 is 0 Å². The van der Waals surface area contributed by atoms with E-state index in [4.69, 9.17) is 5.11 Å². The number of carboxylic acids is 1. The largest absolute Gasteiger partial charge is 0.481 e. The lowest BCUT2D eigenvalue weighted by molar-refractivity contribution is -0.142. The van der Waals surface area contributed by atoms with Crippen LogP contribution in [-0.4, -0.2) is 11.1 Å². The monoisotopic (exact) mass is 214 g/mol. The summed E-state index contributed by atoms with van der Waals surface area (Å²) in [4.78, 5) is 10.9. The molecular formula is C11H12F2O2. The molecule has 0 bridgehead atoms. The predicted octanol–water partition coefficient (Wildman–Crippen LogP) is 2.64. The van der Waals surface area contributed by atoms with Crippen molar-refractivity contribution in [1.82, 2.24) is 0 Å². The standard InChI is InChI=1S/C11H12F2O2/c1-6-4-7(9(13)5-8(6)12)11(2,3)10(14)15/h4-5H,1-3H3,(H,14,15). The summed E-state index contributed by atoms with van der Waals surface area (Å²) in [6, 6.07) is 1.95. The maximum Gasteiger partial charge on any atom is 0.313 e. The zero-order chi connectivity index (χ0) is 11.8. The fourth-order valence-electron chi connectivity index (χ4n) is 1.25. The molecule has 1 N–H and O–H groups in total. The van der Waals surface area contributed by atoms with Gasteiger partial charge in [-0.15, -0.1) is 0 Å². The third-order valence-corrected chi connectivity index (χ3v) is 2.46. The second-order valence-electron chi connectivity index (χ2n) is 4.01. The SMILES string of the molecule is Cc1cc(C(C)(C)C(=O)O)c(F)cc1F. The zero-order valence-corrected chi connectivity index (χ0v) is 8.77. The first-order chi connectivity index (χ1) is 6.76. The second-order valence-corrected chi connectivity index (χ2v) is 4.01. The van der Waals surface area contributed by atoms with Crippen LogP contribution in [0.1, 0.15) is 25.0 Å². The first-order valence-electron chi connectivity index (χ1n) is 4.46. The summed E-state index contributed by atoms with van der Waals surface area (Å²) in [5.74, 6) is -2.64. The molecule has 1 aromatic rings. The Kier molecular flexibility index (Phi) is 2.79.